The van der Waals surface area contributed by atoms with Gasteiger partial charge in [-0.25, -0.2) is 0 Å². The zero-order valence-electron chi connectivity index (χ0n) is 22.8. The van der Waals surface area contributed by atoms with Crippen LogP contribution >= 0.6 is 0 Å². The summed E-state index contributed by atoms with van der Waals surface area (Å²) in [5.74, 6) is -0.161. The van der Waals surface area contributed by atoms with E-state index in [9.17, 15) is 39.5 Å². The van der Waals surface area contributed by atoms with Crippen LogP contribution in [-0.2, 0) is 18.9 Å². The second-order valence-electron chi connectivity index (χ2n) is 11.0. The van der Waals surface area contributed by atoms with Crippen molar-refractivity contribution in [3.8, 4) is 5.75 Å². The molecule has 0 saturated carbocycles. The fourth-order valence-electron chi connectivity index (χ4n) is 6.13. The van der Waals surface area contributed by atoms with Crippen LogP contribution in [0.25, 0.3) is 0 Å². The maximum atomic E-state index is 13.8. The average molecular weight is 617 g/mol. The van der Waals surface area contributed by atoms with E-state index in [1.54, 1.807) is 18.2 Å². The van der Waals surface area contributed by atoms with Crippen LogP contribution in [0.5, 0.6) is 5.75 Å². The van der Waals surface area contributed by atoms with Gasteiger partial charge in [0.2, 0.25) is 0 Å². The van der Waals surface area contributed by atoms with Crippen LogP contribution in [0.4, 0.5) is 39.5 Å². The van der Waals surface area contributed by atoms with E-state index in [1.807, 2.05) is 4.90 Å². The van der Waals surface area contributed by atoms with Gasteiger partial charge in [-0.05, 0) is 85.3 Å². The molecule has 0 spiro atoms. The van der Waals surface area contributed by atoms with Gasteiger partial charge in [-0.15, -0.1) is 13.2 Å². The predicted octanol–water partition coefficient (Wildman–Crippen LogP) is 8.82. The van der Waals surface area contributed by atoms with Crippen molar-refractivity contribution in [2.75, 3.05) is 19.6 Å². The molecule has 0 N–H and O–H groups in total. The van der Waals surface area contributed by atoms with E-state index in [0.717, 1.165) is 36.6 Å². The zero-order valence-corrected chi connectivity index (χ0v) is 22.8. The van der Waals surface area contributed by atoms with Gasteiger partial charge < -0.3 is 9.64 Å². The van der Waals surface area contributed by atoms with Gasteiger partial charge in [-0.1, -0.05) is 42.5 Å². The highest BCUT2D eigenvalue weighted by Gasteiger charge is 2.43. The summed E-state index contributed by atoms with van der Waals surface area (Å²) >= 11 is 0. The van der Waals surface area contributed by atoms with Gasteiger partial charge in [-0.3, -0.25) is 4.90 Å². The van der Waals surface area contributed by atoms with Crippen molar-refractivity contribution in [2.45, 2.75) is 62.5 Å². The van der Waals surface area contributed by atoms with Crippen molar-refractivity contribution in [3.63, 3.8) is 0 Å². The molecule has 0 radical (unpaired) electrons. The first-order valence-electron chi connectivity index (χ1n) is 13.8. The third kappa shape index (κ3) is 7.64. The van der Waals surface area contributed by atoms with Crippen molar-refractivity contribution < 1.29 is 44.3 Å². The Balaban J connectivity index is 1.28. The van der Waals surface area contributed by atoms with Gasteiger partial charge in [0.15, 0.2) is 0 Å². The molecule has 0 amide bonds. The number of ether oxygens (including phenoxy) is 1. The summed E-state index contributed by atoms with van der Waals surface area (Å²) in [6.45, 7) is 1.81. The summed E-state index contributed by atoms with van der Waals surface area (Å²) in [5.41, 5.74) is -0.201. The quantitative estimate of drug-likeness (QED) is 0.247. The molecule has 2 saturated heterocycles. The third-order valence-corrected chi connectivity index (χ3v) is 8.28. The fourth-order valence-corrected chi connectivity index (χ4v) is 6.13. The molecule has 3 nitrogen and oxygen atoms in total. The molecule has 2 aliphatic rings. The molecule has 2 aliphatic heterocycles. The van der Waals surface area contributed by atoms with E-state index < -0.39 is 35.9 Å². The van der Waals surface area contributed by atoms with Crippen LogP contribution in [0.1, 0.15) is 59.0 Å². The summed E-state index contributed by atoms with van der Waals surface area (Å²) in [7, 11) is 0. The lowest BCUT2D eigenvalue weighted by molar-refractivity contribution is -0.274. The Morgan fingerprint density at radius 3 is 2.02 bits per heavy atom. The molecule has 2 atom stereocenters. The molecule has 0 aromatic heterocycles. The highest BCUT2D eigenvalue weighted by Crippen LogP contribution is 2.44. The third-order valence-electron chi connectivity index (χ3n) is 8.28. The Kier molecular flexibility index (Phi) is 8.72. The van der Waals surface area contributed by atoms with Crippen LogP contribution < -0.4 is 4.74 Å². The number of rotatable bonds is 7. The van der Waals surface area contributed by atoms with E-state index in [-0.39, 0.29) is 29.8 Å². The molecule has 232 valence electrons. The second kappa shape index (κ2) is 12.0. The monoisotopic (exact) mass is 616 g/mol. The molecule has 0 aliphatic carbocycles. The van der Waals surface area contributed by atoms with Crippen molar-refractivity contribution in [1.82, 2.24) is 9.80 Å². The number of nitrogens with zero attached hydrogens (tertiary/aromatic N) is 2. The first-order chi connectivity index (χ1) is 20.2. The Labute approximate surface area is 242 Å². The van der Waals surface area contributed by atoms with Gasteiger partial charge in [0.25, 0.3) is 0 Å². The van der Waals surface area contributed by atoms with Crippen molar-refractivity contribution >= 4 is 0 Å². The summed E-state index contributed by atoms with van der Waals surface area (Å²) in [5, 5.41) is 0. The minimum atomic E-state index is -4.77. The molecular formula is C31H29F9N2O. The molecule has 2 fully saturated rings. The largest absolute Gasteiger partial charge is 0.573 e. The molecule has 2 heterocycles. The maximum absolute atomic E-state index is 13.8. The molecule has 5 rings (SSSR count). The lowest BCUT2D eigenvalue weighted by Gasteiger charge is -2.51. The Bertz CT molecular complexity index is 1380. The highest BCUT2D eigenvalue weighted by molar-refractivity contribution is 5.33. The minimum absolute atomic E-state index is 0.0633. The fraction of sp³-hybridized carbons (Fsp3) is 0.419. The highest BCUT2D eigenvalue weighted by atomic mass is 19.4. The summed E-state index contributed by atoms with van der Waals surface area (Å²) in [4.78, 5) is 4.04. The predicted molar refractivity (Wildman–Crippen MR) is 141 cm³/mol. The van der Waals surface area contributed by atoms with Gasteiger partial charge >= 0.3 is 18.7 Å². The first-order valence-corrected chi connectivity index (χ1v) is 13.8. The van der Waals surface area contributed by atoms with E-state index in [0.29, 0.717) is 31.6 Å². The van der Waals surface area contributed by atoms with Crippen molar-refractivity contribution in [3.05, 3.63) is 101 Å². The molecule has 0 bridgehead atoms. The second-order valence-corrected chi connectivity index (χ2v) is 11.0. The summed E-state index contributed by atoms with van der Waals surface area (Å²) in [6, 6.07) is 15.4. The number of alkyl halides is 9. The number of hydrogen-bond acceptors (Lipinski definition) is 3. The molecule has 43 heavy (non-hydrogen) atoms. The van der Waals surface area contributed by atoms with E-state index in [1.165, 1.54) is 36.4 Å². The molecule has 2 unspecified atom stereocenters. The van der Waals surface area contributed by atoms with Crippen LogP contribution in [0, 0.1) is 0 Å². The van der Waals surface area contributed by atoms with E-state index >= 15 is 0 Å². The van der Waals surface area contributed by atoms with E-state index in [2.05, 4.69) is 9.64 Å². The van der Waals surface area contributed by atoms with E-state index in [4.69, 9.17) is 0 Å². The Hall–Kier alpha value is -3.25. The summed E-state index contributed by atoms with van der Waals surface area (Å²) < 4.78 is 123. The number of hydrogen-bond donors (Lipinski definition) is 0. The smallest absolute Gasteiger partial charge is 0.406 e. The number of halogens is 9. The lowest BCUT2D eigenvalue weighted by Crippen LogP contribution is -2.55. The number of piperidine rings is 1. The first kappa shape index (κ1) is 31.2. The van der Waals surface area contributed by atoms with Gasteiger partial charge in [-0.2, -0.15) is 26.3 Å². The van der Waals surface area contributed by atoms with Gasteiger partial charge in [0, 0.05) is 25.2 Å². The Morgan fingerprint density at radius 2 is 1.40 bits per heavy atom. The molecule has 12 heteroatoms. The van der Waals surface area contributed by atoms with Gasteiger partial charge in [0.05, 0.1) is 11.1 Å². The van der Waals surface area contributed by atoms with Crippen molar-refractivity contribution in [1.29, 1.82) is 0 Å². The van der Waals surface area contributed by atoms with Crippen LogP contribution in [0.3, 0.4) is 0 Å². The van der Waals surface area contributed by atoms with Crippen LogP contribution in [-0.4, -0.2) is 41.8 Å². The number of likely N-dealkylation sites (tertiary alicyclic amines) is 2. The van der Waals surface area contributed by atoms with Crippen LogP contribution in [0.2, 0.25) is 0 Å². The van der Waals surface area contributed by atoms with Crippen molar-refractivity contribution in [2.24, 2.45) is 0 Å². The lowest BCUT2D eigenvalue weighted by atomic mass is 9.84. The Morgan fingerprint density at radius 1 is 0.721 bits per heavy atom. The maximum Gasteiger partial charge on any atom is 0.573 e. The minimum Gasteiger partial charge on any atom is -0.406 e. The molecular weight excluding hydrogens is 587 g/mol. The van der Waals surface area contributed by atoms with Crippen LogP contribution in [0.15, 0.2) is 72.8 Å². The topological polar surface area (TPSA) is 15.7 Å². The SMILES string of the molecule is FC(F)(F)Oc1ccc(C2CCN(CC3CC(c4cccc(C(F)(F)F)c4)N3Cc3ccccc3C(F)(F)F)CC2)cc1. The standard InChI is InChI=1S/C31H29F9N2O/c32-29(33,34)24-6-3-5-22(16-24)28-17-25(42(28)18-23-4-1-2-7-27(23)30(35,36)37)19-41-14-12-21(13-15-41)20-8-10-26(11-9-20)43-31(38,39)40/h1-11,16,21,25,28H,12-15,17-19H2. The zero-order chi connectivity index (χ0) is 31.0. The van der Waals surface area contributed by atoms with Gasteiger partial charge in [0.1, 0.15) is 5.75 Å². The number of benzene rings is 3. The average Bonchev–Trinajstić information content (AvgIpc) is 2.93. The normalized spacial score (nSPS) is 21.0. The molecule has 3 aromatic rings. The summed E-state index contributed by atoms with van der Waals surface area (Å²) in [6.07, 6.45) is -11.9. The molecule has 3 aromatic carbocycles.